The summed E-state index contributed by atoms with van der Waals surface area (Å²) in [5.74, 6) is -1.70. The van der Waals surface area contributed by atoms with Crippen molar-refractivity contribution in [3.63, 3.8) is 0 Å². The molecule has 0 saturated heterocycles. The first-order valence-electron chi connectivity index (χ1n) is 16.6. The minimum Gasteiger partial charge on any atom is -0.480 e. The van der Waals surface area contributed by atoms with Gasteiger partial charge in [0.05, 0.1) is 11.0 Å². The SMILES string of the molecule is Cc1c(Cc2ccc3ccccc3n2)c2cc(Cl)ccc2n1CC(=O)O.Cc1c(Cc2ccc3ccccc3n2)c2ccccc2n1CC(=O)O. The van der Waals surface area contributed by atoms with Crippen molar-refractivity contribution in [1.82, 2.24) is 19.1 Å². The Kier molecular flexibility index (Phi) is 9.26. The summed E-state index contributed by atoms with van der Waals surface area (Å²) in [5.41, 5.74) is 9.82. The summed E-state index contributed by atoms with van der Waals surface area (Å²) in [7, 11) is 0. The highest BCUT2D eigenvalue weighted by Crippen LogP contribution is 2.31. The zero-order valence-corrected chi connectivity index (χ0v) is 28.9. The molecular formula is C42H35ClN4O4. The predicted molar refractivity (Wildman–Crippen MR) is 203 cm³/mol. The van der Waals surface area contributed by atoms with Crippen molar-refractivity contribution in [1.29, 1.82) is 0 Å². The van der Waals surface area contributed by atoms with E-state index in [4.69, 9.17) is 21.6 Å². The Bertz CT molecular complexity index is 2600. The second kappa shape index (κ2) is 14.1. The molecule has 4 aromatic carbocycles. The maximum atomic E-state index is 11.3. The highest BCUT2D eigenvalue weighted by Gasteiger charge is 2.18. The number of carboxylic acids is 2. The minimum atomic E-state index is -0.865. The van der Waals surface area contributed by atoms with E-state index in [0.717, 1.165) is 77.5 Å². The fourth-order valence-corrected chi connectivity index (χ4v) is 7.10. The number of aliphatic carboxylic acids is 2. The Hall–Kier alpha value is -5.99. The Morgan fingerprint density at radius 2 is 1.06 bits per heavy atom. The van der Waals surface area contributed by atoms with Gasteiger partial charge in [-0.3, -0.25) is 19.6 Å². The number of halogens is 1. The van der Waals surface area contributed by atoms with Crippen molar-refractivity contribution >= 4 is 67.2 Å². The van der Waals surface area contributed by atoms with E-state index in [9.17, 15) is 19.8 Å². The van der Waals surface area contributed by atoms with Crippen LogP contribution in [0.4, 0.5) is 0 Å². The molecule has 254 valence electrons. The summed E-state index contributed by atoms with van der Waals surface area (Å²) in [6, 6.07) is 37.8. The van der Waals surface area contributed by atoms with E-state index < -0.39 is 11.9 Å². The number of carboxylic acid groups (broad SMARTS) is 2. The van der Waals surface area contributed by atoms with Gasteiger partial charge in [0.25, 0.3) is 0 Å². The molecular weight excluding hydrogens is 660 g/mol. The molecule has 4 heterocycles. The minimum absolute atomic E-state index is 0.0303. The van der Waals surface area contributed by atoms with Crippen LogP contribution < -0.4 is 0 Å². The quantitative estimate of drug-likeness (QED) is 0.164. The van der Waals surface area contributed by atoms with Gasteiger partial charge >= 0.3 is 11.9 Å². The number of hydrogen-bond acceptors (Lipinski definition) is 4. The van der Waals surface area contributed by atoms with Gasteiger partial charge in [-0.15, -0.1) is 0 Å². The molecule has 8 aromatic rings. The number of carbonyl (C=O) groups is 2. The fraction of sp³-hybridized carbons (Fsp3) is 0.143. The van der Waals surface area contributed by atoms with E-state index in [0.29, 0.717) is 17.9 Å². The molecule has 0 aliphatic carbocycles. The van der Waals surface area contributed by atoms with Crippen LogP contribution in [0.1, 0.15) is 33.9 Å². The van der Waals surface area contributed by atoms with Crippen molar-refractivity contribution in [2.75, 3.05) is 0 Å². The number of rotatable bonds is 8. The van der Waals surface area contributed by atoms with Crippen LogP contribution in [0.3, 0.4) is 0 Å². The van der Waals surface area contributed by atoms with E-state index in [1.165, 1.54) is 0 Å². The molecule has 8 rings (SSSR count). The Morgan fingerprint density at radius 3 is 1.61 bits per heavy atom. The molecule has 0 unspecified atom stereocenters. The van der Waals surface area contributed by atoms with Crippen LogP contribution in [-0.4, -0.2) is 41.3 Å². The molecule has 0 fully saturated rings. The second-order valence-corrected chi connectivity index (χ2v) is 13.0. The van der Waals surface area contributed by atoms with E-state index >= 15 is 0 Å². The molecule has 51 heavy (non-hydrogen) atoms. The highest BCUT2D eigenvalue weighted by molar-refractivity contribution is 6.31. The molecule has 0 aliphatic heterocycles. The number of para-hydroxylation sites is 3. The topological polar surface area (TPSA) is 110 Å². The summed E-state index contributed by atoms with van der Waals surface area (Å²) in [6.07, 6.45) is 1.31. The first-order valence-corrected chi connectivity index (χ1v) is 17.0. The van der Waals surface area contributed by atoms with Crippen LogP contribution >= 0.6 is 11.6 Å². The molecule has 0 aliphatic rings. The average molecular weight is 695 g/mol. The van der Waals surface area contributed by atoms with Gasteiger partial charge in [0.1, 0.15) is 13.1 Å². The van der Waals surface area contributed by atoms with Crippen molar-refractivity contribution < 1.29 is 19.8 Å². The van der Waals surface area contributed by atoms with Gasteiger partial charge in [-0.2, -0.15) is 0 Å². The standard InChI is InChI=1S/C21H17ClN2O2.C21H18N2O2/c1-13-17(11-16-8-6-14-4-2-3-5-19(14)23-16)18-10-15(22)7-9-20(18)24(13)12-21(25)26;1-14-18(12-16-11-10-15-6-2-4-8-19(15)22-16)17-7-3-5-9-20(17)23(14)13-21(24)25/h2-10H,11-12H2,1H3,(H,25,26);2-11H,12-13H2,1H3,(H,24,25). The van der Waals surface area contributed by atoms with E-state index in [1.807, 2.05) is 108 Å². The van der Waals surface area contributed by atoms with Gasteiger partial charge in [-0.05, 0) is 73.5 Å². The monoisotopic (exact) mass is 694 g/mol. The van der Waals surface area contributed by atoms with Crippen LogP contribution in [-0.2, 0) is 35.5 Å². The van der Waals surface area contributed by atoms with Crippen LogP contribution in [0.2, 0.25) is 5.02 Å². The molecule has 0 radical (unpaired) electrons. The van der Waals surface area contributed by atoms with Crippen LogP contribution in [0.5, 0.6) is 0 Å². The van der Waals surface area contributed by atoms with Crippen molar-refractivity contribution in [2.24, 2.45) is 0 Å². The van der Waals surface area contributed by atoms with E-state index in [1.54, 1.807) is 6.07 Å². The van der Waals surface area contributed by atoms with Gasteiger partial charge < -0.3 is 19.3 Å². The first kappa shape index (κ1) is 33.5. The normalized spacial score (nSPS) is 11.3. The lowest BCUT2D eigenvalue weighted by molar-refractivity contribution is -0.138. The molecule has 0 amide bonds. The maximum Gasteiger partial charge on any atom is 0.323 e. The predicted octanol–water partition coefficient (Wildman–Crippen LogP) is 9.00. The molecule has 0 spiro atoms. The summed E-state index contributed by atoms with van der Waals surface area (Å²) in [5, 5.41) is 23.4. The van der Waals surface area contributed by atoms with Crippen molar-refractivity contribution in [2.45, 2.75) is 39.8 Å². The average Bonchev–Trinajstić information content (AvgIpc) is 3.52. The molecule has 8 nitrogen and oxygen atoms in total. The van der Waals surface area contributed by atoms with E-state index in [-0.39, 0.29) is 13.1 Å². The Morgan fingerprint density at radius 1 is 0.588 bits per heavy atom. The summed E-state index contributed by atoms with van der Waals surface area (Å²) < 4.78 is 3.69. The number of aromatic nitrogens is 4. The number of fused-ring (bicyclic) bond motifs is 4. The molecule has 0 atom stereocenters. The number of hydrogen-bond donors (Lipinski definition) is 2. The van der Waals surface area contributed by atoms with Gasteiger partial charge in [0.15, 0.2) is 0 Å². The second-order valence-electron chi connectivity index (χ2n) is 12.6. The lowest BCUT2D eigenvalue weighted by Crippen LogP contribution is -2.10. The van der Waals surface area contributed by atoms with Gasteiger partial charge in [-0.25, -0.2) is 0 Å². The smallest absolute Gasteiger partial charge is 0.323 e. The van der Waals surface area contributed by atoms with Crippen LogP contribution in [0.15, 0.2) is 115 Å². The van der Waals surface area contributed by atoms with Gasteiger partial charge in [0, 0.05) is 73.2 Å². The molecule has 9 heteroatoms. The van der Waals surface area contributed by atoms with Crippen LogP contribution in [0.25, 0.3) is 43.6 Å². The van der Waals surface area contributed by atoms with Gasteiger partial charge in [-0.1, -0.05) is 78.3 Å². The lowest BCUT2D eigenvalue weighted by Gasteiger charge is -2.06. The van der Waals surface area contributed by atoms with Crippen molar-refractivity contribution in [3.8, 4) is 0 Å². The number of benzene rings is 4. The fourth-order valence-electron chi connectivity index (χ4n) is 6.93. The van der Waals surface area contributed by atoms with Crippen LogP contribution in [0, 0.1) is 13.8 Å². The zero-order chi connectivity index (χ0) is 35.6. The molecule has 0 saturated carbocycles. The summed E-state index contributed by atoms with van der Waals surface area (Å²) in [4.78, 5) is 32.0. The maximum absolute atomic E-state index is 11.3. The summed E-state index contributed by atoms with van der Waals surface area (Å²) in [6.45, 7) is 3.83. The first-order chi connectivity index (χ1) is 24.7. The lowest BCUT2D eigenvalue weighted by atomic mass is 10.0. The Balaban J connectivity index is 0.000000159. The number of nitrogens with zero attached hydrogens (tertiary/aromatic N) is 4. The van der Waals surface area contributed by atoms with Gasteiger partial charge in [0.2, 0.25) is 0 Å². The molecule has 4 aromatic heterocycles. The third-order valence-corrected chi connectivity index (χ3v) is 9.63. The molecule has 2 N–H and O–H groups in total. The van der Waals surface area contributed by atoms with E-state index in [2.05, 4.69) is 24.3 Å². The highest BCUT2D eigenvalue weighted by atomic mass is 35.5. The molecule has 0 bridgehead atoms. The Labute approximate surface area is 299 Å². The third-order valence-electron chi connectivity index (χ3n) is 9.39. The summed E-state index contributed by atoms with van der Waals surface area (Å²) >= 11 is 6.20. The zero-order valence-electron chi connectivity index (χ0n) is 28.2. The number of pyridine rings is 2. The van der Waals surface area contributed by atoms with Crippen molar-refractivity contribution in [3.05, 3.63) is 154 Å². The largest absolute Gasteiger partial charge is 0.480 e. The third kappa shape index (κ3) is 6.91.